The Morgan fingerprint density at radius 1 is 1.22 bits per heavy atom. The average molecular weight is 325 g/mol. The van der Waals surface area contributed by atoms with Crippen molar-refractivity contribution in [3.8, 4) is 16.9 Å². The van der Waals surface area contributed by atoms with Gasteiger partial charge in [-0.1, -0.05) is 48.2 Å². The standard InChI is InChI=1S/C17H15N3O2S/c1-22-14-7-4-6-12(9-14)15-8-3-2-5-13(15)10-18-20-17-19-16(21)11-23-17/h2-10H,11H2,1H3,(H,19,20,21). The van der Waals surface area contributed by atoms with Gasteiger partial charge in [-0.15, -0.1) is 5.10 Å². The van der Waals surface area contributed by atoms with Crippen LogP contribution in [0.5, 0.6) is 5.75 Å². The lowest BCUT2D eigenvalue weighted by Crippen LogP contribution is -2.19. The predicted octanol–water partition coefficient (Wildman–Crippen LogP) is 2.92. The smallest absolute Gasteiger partial charge is 0.236 e. The van der Waals surface area contributed by atoms with E-state index in [0.717, 1.165) is 22.4 Å². The van der Waals surface area contributed by atoms with E-state index in [9.17, 15) is 4.79 Å². The van der Waals surface area contributed by atoms with E-state index in [-0.39, 0.29) is 5.91 Å². The minimum Gasteiger partial charge on any atom is -0.497 e. The molecule has 1 aliphatic rings. The topological polar surface area (TPSA) is 63.1 Å². The van der Waals surface area contributed by atoms with Gasteiger partial charge in [-0.25, -0.2) is 0 Å². The van der Waals surface area contributed by atoms with Gasteiger partial charge in [-0.2, -0.15) is 5.10 Å². The van der Waals surface area contributed by atoms with Crippen molar-refractivity contribution in [1.82, 2.24) is 5.32 Å². The summed E-state index contributed by atoms with van der Waals surface area (Å²) >= 11 is 1.35. The third-order valence-corrected chi connectivity index (χ3v) is 4.14. The summed E-state index contributed by atoms with van der Waals surface area (Å²) in [6.07, 6.45) is 1.69. The summed E-state index contributed by atoms with van der Waals surface area (Å²) in [7, 11) is 1.65. The van der Waals surface area contributed by atoms with E-state index in [2.05, 4.69) is 15.5 Å². The highest BCUT2D eigenvalue weighted by atomic mass is 32.2. The van der Waals surface area contributed by atoms with Crippen LogP contribution in [0.15, 0.2) is 58.7 Å². The molecule has 1 amide bonds. The molecule has 1 heterocycles. The molecule has 3 rings (SSSR count). The van der Waals surface area contributed by atoms with Crippen LogP contribution in [0.2, 0.25) is 0 Å². The van der Waals surface area contributed by atoms with Gasteiger partial charge < -0.3 is 10.1 Å². The van der Waals surface area contributed by atoms with Gasteiger partial charge in [0.05, 0.1) is 19.1 Å². The van der Waals surface area contributed by atoms with Crippen LogP contribution in [0, 0.1) is 0 Å². The summed E-state index contributed by atoms with van der Waals surface area (Å²) in [5.74, 6) is 1.16. The van der Waals surface area contributed by atoms with E-state index in [4.69, 9.17) is 4.74 Å². The van der Waals surface area contributed by atoms with Gasteiger partial charge in [0.15, 0.2) is 5.17 Å². The summed E-state index contributed by atoms with van der Waals surface area (Å²) in [6, 6.07) is 15.8. The lowest BCUT2D eigenvalue weighted by Gasteiger charge is -2.07. The molecule has 2 aromatic rings. The van der Waals surface area contributed by atoms with E-state index in [0.29, 0.717) is 10.9 Å². The van der Waals surface area contributed by atoms with Crippen molar-refractivity contribution in [3.63, 3.8) is 0 Å². The second-order valence-corrected chi connectivity index (χ2v) is 5.77. The molecule has 23 heavy (non-hydrogen) atoms. The number of hydrogen-bond donors (Lipinski definition) is 1. The molecule has 0 aliphatic carbocycles. The van der Waals surface area contributed by atoms with Gasteiger partial charge in [-0.05, 0) is 23.3 Å². The van der Waals surface area contributed by atoms with Crippen LogP contribution in [-0.4, -0.2) is 30.2 Å². The minimum atomic E-state index is -0.0410. The molecule has 1 N–H and O–H groups in total. The second-order valence-electron chi connectivity index (χ2n) is 4.81. The molecular weight excluding hydrogens is 310 g/mol. The molecule has 6 heteroatoms. The fourth-order valence-corrected chi connectivity index (χ4v) is 2.82. The summed E-state index contributed by atoms with van der Waals surface area (Å²) in [4.78, 5) is 11.1. The number of benzene rings is 2. The zero-order valence-electron chi connectivity index (χ0n) is 12.5. The fourth-order valence-electron chi connectivity index (χ4n) is 2.19. The quantitative estimate of drug-likeness (QED) is 0.694. The Morgan fingerprint density at radius 2 is 2.09 bits per heavy atom. The molecule has 0 aromatic heterocycles. The molecule has 1 aliphatic heterocycles. The van der Waals surface area contributed by atoms with Crippen molar-refractivity contribution in [1.29, 1.82) is 0 Å². The third kappa shape index (κ3) is 3.78. The van der Waals surface area contributed by atoms with Crippen LogP contribution in [0.4, 0.5) is 0 Å². The van der Waals surface area contributed by atoms with Crippen LogP contribution in [0.3, 0.4) is 0 Å². The normalized spacial score (nSPS) is 16.0. The maximum absolute atomic E-state index is 11.1. The minimum absolute atomic E-state index is 0.0410. The van der Waals surface area contributed by atoms with Crippen molar-refractivity contribution in [2.45, 2.75) is 0 Å². The molecule has 1 fully saturated rings. The van der Waals surface area contributed by atoms with Crippen LogP contribution >= 0.6 is 11.8 Å². The molecule has 0 spiro atoms. The number of carbonyl (C=O) groups excluding carboxylic acids is 1. The second kappa shape index (κ2) is 7.11. The fraction of sp³-hybridized carbons (Fsp3) is 0.118. The highest BCUT2D eigenvalue weighted by molar-refractivity contribution is 8.15. The largest absolute Gasteiger partial charge is 0.497 e. The Balaban J connectivity index is 1.87. The van der Waals surface area contributed by atoms with Gasteiger partial charge in [0.25, 0.3) is 0 Å². The van der Waals surface area contributed by atoms with Gasteiger partial charge in [0.1, 0.15) is 5.75 Å². The first-order chi connectivity index (χ1) is 11.3. The van der Waals surface area contributed by atoms with Crippen LogP contribution < -0.4 is 10.1 Å². The van der Waals surface area contributed by atoms with E-state index < -0.39 is 0 Å². The number of nitrogens with zero attached hydrogens (tertiary/aromatic N) is 2. The van der Waals surface area contributed by atoms with Crippen LogP contribution in [0.25, 0.3) is 11.1 Å². The summed E-state index contributed by atoms with van der Waals surface area (Å²) in [5, 5.41) is 11.3. The maximum Gasteiger partial charge on any atom is 0.236 e. The van der Waals surface area contributed by atoms with Crippen LogP contribution in [0.1, 0.15) is 5.56 Å². The first kappa shape index (κ1) is 15.3. The molecule has 1 saturated heterocycles. The predicted molar refractivity (Wildman–Crippen MR) is 94.1 cm³/mol. The molecule has 0 bridgehead atoms. The first-order valence-electron chi connectivity index (χ1n) is 7.03. The van der Waals surface area contributed by atoms with E-state index in [1.807, 2.05) is 48.5 Å². The third-order valence-electron chi connectivity index (χ3n) is 3.27. The van der Waals surface area contributed by atoms with Crippen molar-refractivity contribution < 1.29 is 9.53 Å². The van der Waals surface area contributed by atoms with Gasteiger partial charge in [0, 0.05) is 5.56 Å². The maximum atomic E-state index is 11.1. The number of methoxy groups -OCH3 is 1. The highest BCUT2D eigenvalue weighted by Crippen LogP contribution is 2.26. The molecule has 2 aromatic carbocycles. The van der Waals surface area contributed by atoms with E-state index >= 15 is 0 Å². The zero-order chi connectivity index (χ0) is 16.1. The van der Waals surface area contributed by atoms with E-state index in [1.165, 1.54) is 11.8 Å². The van der Waals surface area contributed by atoms with Gasteiger partial charge in [0.2, 0.25) is 5.91 Å². The molecule has 0 atom stereocenters. The number of amides is 1. The molecule has 116 valence electrons. The van der Waals surface area contributed by atoms with Crippen molar-refractivity contribution in [3.05, 3.63) is 54.1 Å². The number of carbonyl (C=O) groups is 1. The van der Waals surface area contributed by atoms with E-state index in [1.54, 1.807) is 13.3 Å². The molecular formula is C17H15N3O2S. The SMILES string of the molecule is COc1cccc(-c2ccccc2C=NN=C2NC(=O)CS2)c1. The number of ether oxygens (including phenoxy) is 1. The average Bonchev–Trinajstić information content (AvgIpc) is 3.01. The number of thioether (sulfide) groups is 1. The molecule has 0 saturated carbocycles. The Hall–Kier alpha value is -2.60. The van der Waals surface area contributed by atoms with Crippen LogP contribution in [-0.2, 0) is 4.79 Å². The Kier molecular flexibility index (Phi) is 4.73. The monoisotopic (exact) mass is 325 g/mol. The summed E-state index contributed by atoms with van der Waals surface area (Å²) in [5.41, 5.74) is 3.03. The highest BCUT2D eigenvalue weighted by Gasteiger charge is 2.15. The number of hydrogen-bond acceptors (Lipinski definition) is 5. The number of nitrogens with one attached hydrogen (secondary N) is 1. The Bertz CT molecular complexity index is 787. The lowest BCUT2D eigenvalue weighted by molar-refractivity contribution is -0.116. The number of rotatable bonds is 4. The Labute approximate surface area is 138 Å². The van der Waals surface area contributed by atoms with Gasteiger partial charge in [-0.3, -0.25) is 4.79 Å². The molecule has 0 unspecified atom stereocenters. The van der Waals surface area contributed by atoms with Crippen molar-refractivity contribution in [2.75, 3.05) is 12.9 Å². The zero-order valence-corrected chi connectivity index (χ0v) is 13.3. The Morgan fingerprint density at radius 3 is 2.87 bits per heavy atom. The lowest BCUT2D eigenvalue weighted by atomic mass is 10.0. The van der Waals surface area contributed by atoms with Crippen molar-refractivity contribution >= 4 is 29.1 Å². The first-order valence-corrected chi connectivity index (χ1v) is 8.02. The summed E-state index contributed by atoms with van der Waals surface area (Å²) < 4.78 is 5.28. The summed E-state index contributed by atoms with van der Waals surface area (Å²) in [6.45, 7) is 0. The molecule has 5 nitrogen and oxygen atoms in total. The number of amidine groups is 1. The van der Waals surface area contributed by atoms with Crippen molar-refractivity contribution in [2.24, 2.45) is 10.2 Å². The molecule has 0 radical (unpaired) electrons. The van der Waals surface area contributed by atoms with Gasteiger partial charge >= 0.3 is 0 Å².